The van der Waals surface area contributed by atoms with Crippen LogP contribution in [0.1, 0.15) is 34.1 Å². The first-order chi connectivity index (χ1) is 5.70. The Morgan fingerprint density at radius 3 is 2.67 bits per heavy atom. The number of rotatable bonds is 4. The van der Waals surface area contributed by atoms with E-state index >= 15 is 0 Å². The molecule has 0 heterocycles. The third-order valence-electron chi connectivity index (χ3n) is 1.83. The third-order valence-corrected chi connectivity index (χ3v) is 1.83. The smallest absolute Gasteiger partial charge is 0.0468 e. The molecule has 0 aliphatic heterocycles. The van der Waals surface area contributed by atoms with Gasteiger partial charge in [0.05, 0.1) is 0 Å². The third kappa shape index (κ3) is 5.90. The average molecular weight is 165 g/mol. The second kappa shape index (κ2) is 6.84. The van der Waals surface area contributed by atoms with Gasteiger partial charge in [-0.1, -0.05) is 24.6 Å². The van der Waals surface area contributed by atoms with Crippen LogP contribution in [0.5, 0.6) is 0 Å². The second-order valence-corrected chi connectivity index (χ2v) is 2.95. The number of nitrogens with zero attached hydrogens (tertiary/aromatic N) is 1. The first-order valence-corrected chi connectivity index (χ1v) is 4.53. The molecule has 1 atom stereocenters. The van der Waals surface area contributed by atoms with Crippen molar-refractivity contribution in [3.63, 3.8) is 0 Å². The molecule has 0 aromatic carbocycles. The fourth-order valence-corrected chi connectivity index (χ4v) is 0.593. The summed E-state index contributed by atoms with van der Waals surface area (Å²) in [5.41, 5.74) is 1.27. The van der Waals surface area contributed by atoms with E-state index in [1.807, 2.05) is 19.2 Å². The van der Waals surface area contributed by atoms with Gasteiger partial charge in [0.2, 0.25) is 0 Å². The van der Waals surface area contributed by atoms with Gasteiger partial charge in [-0.25, -0.2) is 0 Å². The minimum absolute atomic E-state index is 0.445. The summed E-state index contributed by atoms with van der Waals surface area (Å²) in [4.78, 5) is 4.31. The quantitative estimate of drug-likeness (QED) is 0.447. The summed E-state index contributed by atoms with van der Waals surface area (Å²) in [5, 5.41) is 0. The van der Waals surface area contributed by atoms with E-state index in [1.165, 1.54) is 5.57 Å². The predicted molar refractivity (Wildman–Crippen MR) is 56.8 cm³/mol. The molecular formula is C11H19N. The number of hydrogen-bond acceptors (Lipinski definition) is 1. The lowest BCUT2D eigenvalue weighted by molar-refractivity contribution is 0.721. The summed E-state index contributed by atoms with van der Waals surface area (Å²) >= 11 is 0. The molecule has 0 aromatic rings. The van der Waals surface area contributed by atoms with Gasteiger partial charge in [0, 0.05) is 12.3 Å². The normalized spacial score (nSPS) is 16.2. The van der Waals surface area contributed by atoms with Crippen LogP contribution < -0.4 is 0 Å². The molecule has 0 saturated heterocycles. The summed E-state index contributed by atoms with van der Waals surface area (Å²) in [5.74, 6) is 0. The van der Waals surface area contributed by atoms with Crippen LogP contribution in [-0.2, 0) is 0 Å². The molecule has 0 aliphatic carbocycles. The van der Waals surface area contributed by atoms with Crippen molar-refractivity contribution >= 4 is 6.21 Å². The Hall–Kier alpha value is -0.850. The zero-order chi connectivity index (χ0) is 9.40. The molecule has 12 heavy (non-hydrogen) atoms. The van der Waals surface area contributed by atoms with Gasteiger partial charge in [0.25, 0.3) is 0 Å². The Labute approximate surface area is 75.9 Å². The summed E-state index contributed by atoms with van der Waals surface area (Å²) in [6, 6.07) is 0.445. The van der Waals surface area contributed by atoms with E-state index in [-0.39, 0.29) is 0 Å². The zero-order valence-electron chi connectivity index (χ0n) is 8.54. The van der Waals surface area contributed by atoms with Crippen LogP contribution >= 0.6 is 0 Å². The van der Waals surface area contributed by atoms with Gasteiger partial charge in [-0.05, 0) is 33.3 Å². The Morgan fingerprint density at radius 1 is 1.50 bits per heavy atom. The Kier molecular flexibility index (Phi) is 6.35. The van der Waals surface area contributed by atoms with Crippen LogP contribution in [0.3, 0.4) is 0 Å². The van der Waals surface area contributed by atoms with E-state index in [0.717, 1.165) is 6.42 Å². The maximum Gasteiger partial charge on any atom is 0.0468 e. The molecule has 0 amide bonds. The topological polar surface area (TPSA) is 12.4 Å². The highest BCUT2D eigenvalue weighted by Crippen LogP contribution is 1.94. The average Bonchev–Trinajstić information content (AvgIpc) is 2.11. The number of aliphatic imine (C=N–C) groups is 1. The van der Waals surface area contributed by atoms with Crippen molar-refractivity contribution in [2.24, 2.45) is 4.99 Å². The highest BCUT2D eigenvalue weighted by molar-refractivity contribution is 5.71. The monoisotopic (exact) mass is 165 g/mol. The molecule has 0 radical (unpaired) electrons. The van der Waals surface area contributed by atoms with Gasteiger partial charge < -0.3 is 0 Å². The first-order valence-electron chi connectivity index (χ1n) is 4.53. The summed E-state index contributed by atoms with van der Waals surface area (Å²) in [6.07, 6.45) is 9.11. The van der Waals surface area contributed by atoms with Crippen LogP contribution in [0, 0.1) is 0 Å². The summed E-state index contributed by atoms with van der Waals surface area (Å²) in [7, 11) is 0. The molecule has 0 spiro atoms. The van der Waals surface area contributed by atoms with Gasteiger partial charge in [0.1, 0.15) is 0 Å². The maximum absolute atomic E-state index is 4.31. The predicted octanol–water partition coefficient (Wildman–Crippen LogP) is 3.38. The lowest BCUT2D eigenvalue weighted by Gasteiger charge is -1.96. The van der Waals surface area contributed by atoms with Crippen molar-refractivity contribution in [1.82, 2.24) is 0 Å². The standard InChI is InChI=1S/C11H19N/c1-5-10(3)8-7-9-12-11(4)6-2/h5,7-9,11H,6H2,1-4H3/b8-7-,10-5+,12-9?. The van der Waals surface area contributed by atoms with Crippen molar-refractivity contribution in [2.75, 3.05) is 0 Å². The van der Waals surface area contributed by atoms with Crippen LogP contribution in [0.2, 0.25) is 0 Å². The minimum Gasteiger partial charge on any atom is -0.290 e. The molecule has 0 saturated carbocycles. The first kappa shape index (κ1) is 11.2. The van der Waals surface area contributed by atoms with Gasteiger partial charge >= 0.3 is 0 Å². The molecule has 0 rings (SSSR count). The Bertz CT molecular complexity index is 187. The van der Waals surface area contributed by atoms with Crippen LogP contribution in [0.25, 0.3) is 0 Å². The Balaban J connectivity index is 3.81. The van der Waals surface area contributed by atoms with Crippen LogP contribution in [0.15, 0.2) is 28.8 Å². The van der Waals surface area contributed by atoms with Crippen molar-refractivity contribution in [3.05, 3.63) is 23.8 Å². The van der Waals surface area contributed by atoms with E-state index in [9.17, 15) is 0 Å². The summed E-state index contributed by atoms with van der Waals surface area (Å²) in [6.45, 7) is 8.37. The fourth-order valence-electron chi connectivity index (χ4n) is 0.593. The van der Waals surface area contributed by atoms with Gasteiger partial charge in [-0.3, -0.25) is 4.99 Å². The molecule has 0 N–H and O–H groups in total. The van der Waals surface area contributed by atoms with E-state index in [0.29, 0.717) is 6.04 Å². The van der Waals surface area contributed by atoms with Crippen molar-refractivity contribution in [2.45, 2.75) is 40.2 Å². The Morgan fingerprint density at radius 2 is 2.17 bits per heavy atom. The summed E-state index contributed by atoms with van der Waals surface area (Å²) < 4.78 is 0. The molecular weight excluding hydrogens is 146 g/mol. The maximum atomic E-state index is 4.31. The van der Waals surface area contributed by atoms with Crippen LogP contribution in [-0.4, -0.2) is 12.3 Å². The molecule has 68 valence electrons. The second-order valence-electron chi connectivity index (χ2n) is 2.95. The fraction of sp³-hybridized carbons (Fsp3) is 0.545. The van der Waals surface area contributed by atoms with Gasteiger partial charge in [-0.2, -0.15) is 0 Å². The molecule has 1 nitrogen and oxygen atoms in total. The van der Waals surface area contributed by atoms with E-state index in [2.05, 4.69) is 37.9 Å². The SMILES string of the molecule is C/C=C(C)/C=C\C=NC(C)CC. The number of hydrogen-bond donors (Lipinski definition) is 0. The molecule has 0 aromatic heterocycles. The molecule has 0 fully saturated rings. The van der Waals surface area contributed by atoms with Crippen molar-refractivity contribution < 1.29 is 0 Å². The molecule has 0 aliphatic rings. The van der Waals surface area contributed by atoms with E-state index in [1.54, 1.807) is 0 Å². The van der Waals surface area contributed by atoms with Crippen LogP contribution in [0.4, 0.5) is 0 Å². The van der Waals surface area contributed by atoms with E-state index in [4.69, 9.17) is 0 Å². The highest BCUT2D eigenvalue weighted by atomic mass is 14.7. The largest absolute Gasteiger partial charge is 0.290 e. The molecule has 0 bridgehead atoms. The van der Waals surface area contributed by atoms with E-state index < -0.39 is 0 Å². The lowest BCUT2D eigenvalue weighted by atomic mass is 10.2. The van der Waals surface area contributed by atoms with Gasteiger partial charge in [-0.15, -0.1) is 0 Å². The number of allylic oxidation sites excluding steroid dienone is 4. The lowest BCUT2D eigenvalue weighted by Crippen LogP contribution is -1.93. The molecule has 1 heteroatoms. The van der Waals surface area contributed by atoms with Gasteiger partial charge in [0.15, 0.2) is 0 Å². The zero-order valence-corrected chi connectivity index (χ0v) is 8.54. The van der Waals surface area contributed by atoms with Crippen molar-refractivity contribution in [3.8, 4) is 0 Å². The van der Waals surface area contributed by atoms with Crippen molar-refractivity contribution in [1.29, 1.82) is 0 Å². The molecule has 1 unspecified atom stereocenters. The minimum atomic E-state index is 0.445. The highest BCUT2D eigenvalue weighted by Gasteiger charge is 1.88.